The van der Waals surface area contributed by atoms with E-state index < -0.39 is 11.9 Å². The maximum absolute atomic E-state index is 12.3. The van der Waals surface area contributed by atoms with Gasteiger partial charge >= 0.3 is 5.97 Å². The quantitative estimate of drug-likeness (QED) is 0.549. The minimum absolute atomic E-state index is 0.0430. The molecule has 2 aromatic carbocycles. The monoisotopic (exact) mass is 396 g/mol. The summed E-state index contributed by atoms with van der Waals surface area (Å²) in [4.78, 5) is 23.5. The predicted octanol–water partition coefficient (Wildman–Crippen LogP) is 3.13. The van der Waals surface area contributed by atoms with Crippen LogP contribution in [0.4, 0.5) is 11.4 Å². The molecule has 2 aromatic rings. The van der Waals surface area contributed by atoms with E-state index in [0.717, 1.165) is 9.13 Å². The van der Waals surface area contributed by atoms with Crippen molar-refractivity contribution >= 4 is 45.8 Å². The highest BCUT2D eigenvalue weighted by molar-refractivity contribution is 14.1. The Morgan fingerprint density at radius 1 is 1.14 bits per heavy atom. The molecule has 0 aliphatic heterocycles. The molecular weight excluding hydrogens is 383 g/mol. The van der Waals surface area contributed by atoms with Gasteiger partial charge in [-0.25, -0.2) is 4.79 Å². The van der Waals surface area contributed by atoms with E-state index in [9.17, 15) is 14.7 Å². The zero-order valence-electron chi connectivity index (χ0n) is 11.2. The fourth-order valence-corrected chi connectivity index (χ4v) is 2.35. The lowest BCUT2D eigenvalue weighted by molar-refractivity contribution is 0.0698. The van der Waals surface area contributed by atoms with Gasteiger partial charge < -0.3 is 16.2 Å². The van der Waals surface area contributed by atoms with Crippen LogP contribution in [0.3, 0.4) is 0 Å². The molecule has 0 spiro atoms. The molecule has 1 amide bonds. The first kappa shape index (κ1) is 15.3. The Morgan fingerprint density at radius 2 is 1.86 bits per heavy atom. The van der Waals surface area contributed by atoms with Crippen LogP contribution in [0, 0.1) is 10.5 Å². The topological polar surface area (TPSA) is 92.4 Å². The third-order valence-corrected chi connectivity index (χ3v) is 3.58. The maximum Gasteiger partial charge on any atom is 0.337 e. The van der Waals surface area contributed by atoms with Crippen molar-refractivity contribution < 1.29 is 14.7 Å². The van der Waals surface area contributed by atoms with E-state index in [1.54, 1.807) is 30.3 Å². The summed E-state index contributed by atoms with van der Waals surface area (Å²) in [6.07, 6.45) is 0. The molecule has 0 unspecified atom stereocenters. The Labute approximate surface area is 135 Å². The largest absolute Gasteiger partial charge is 0.478 e. The lowest BCUT2D eigenvalue weighted by atomic mass is 10.1. The summed E-state index contributed by atoms with van der Waals surface area (Å²) in [5.41, 5.74) is 7.65. The van der Waals surface area contributed by atoms with E-state index in [4.69, 9.17) is 5.73 Å². The van der Waals surface area contributed by atoms with Crippen LogP contribution in [-0.2, 0) is 0 Å². The average molecular weight is 396 g/mol. The molecule has 0 aliphatic rings. The lowest BCUT2D eigenvalue weighted by Gasteiger charge is -2.11. The fourth-order valence-electron chi connectivity index (χ4n) is 1.86. The van der Waals surface area contributed by atoms with Gasteiger partial charge in [0.05, 0.1) is 16.8 Å². The molecule has 108 valence electrons. The van der Waals surface area contributed by atoms with Gasteiger partial charge in [0, 0.05) is 9.26 Å². The number of amides is 1. The molecule has 0 saturated heterocycles. The number of hydrogen-bond acceptors (Lipinski definition) is 3. The van der Waals surface area contributed by atoms with E-state index in [1.165, 1.54) is 6.07 Å². The first-order chi connectivity index (χ1) is 9.88. The van der Waals surface area contributed by atoms with Crippen LogP contribution < -0.4 is 11.1 Å². The van der Waals surface area contributed by atoms with Crippen molar-refractivity contribution in [3.05, 3.63) is 56.7 Å². The molecule has 5 nitrogen and oxygen atoms in total. The summed E-state index contributed by atoms with van der Waals surface area (Å²) < 4.78 is 0.776. The highest BCUT2D eigenvalue weighted by atomic mass is 127. The third kappa shape index (κ3) is 3.52. The Bertz CT molecular complexity index is 729. The molecule has 0 radical (unpaired) electrons. The fraction of sp³-hybridized carbons (Fsp3) is 0.0667. The van der Waals surface area contributed by atoms with E-state index in [1.807, 2.05) is 29.5 Å². The number of hydrogen-bond donors (Lipinski definition) is 3. The molecule has 0 fully saturated rings. The number of aryl methyl sites for hydroxylation is 1. The number of aromatic carboxylic acids is 1. The number of carboxylic acid groups (broad SMARTS) is 1. The number of rotatable bonds is 3. The minimum atomic E-state index is -1.10. The van der Waals surface area contributed by atoms with Crippen LogP contribution in [0.25, 0.3) is 0 Å². The minimum Gasteiger partial charge on any atom is -0.478 e. The number of carbonyl (C=O) groups is 2. The SMILES string of the molecule is Cc1ccc(N)c(C(=O)Nc2ccc(I)cc2C(=O)O)c1. The zero-order chi connectivity index (χ0) is 15.6. The number of halogens is 1. The van der Waals surface area contributed by atoms with E-state index in [-0.39, 0.29) is 11.3 Å². The molecular formula is C15H13IN2O3. The number of carboxylic acids is 1. The molecule has 6 heteroatoms. The molecule has 0 saturated carbocycles. The number of benzene rings is 2. The van der Waals surface area contributed by atoms with Crippen molar-refractivity contribution in [2.75, 3.05) is 11.1 Å². The van der Waals surface area contributed by atoms with Crippen LogP contribution in [0.2, 0.25) is 0 Å². The van der Waals surface area contributed by atoms with Gasteiger partial charge in [0.1, 0.15) is 0 Å². The molecule has 0 aliphatic carbocycles. The summed E-state index contributed by atoms with van der Waals surface area (Å²) in [7, 11) is 0. The third-order valence-electron chi connectivity index (χ3n) is 2.91. The Balaban J connectivity index is 2.36. The lowest BCUT2D eigenvalue weighted by Crippen LogP contribution is -2.16. The van der Waals surface area contributed by atoms with Gasteiger partial charge in [-0.3, -0.25) is 4.79 Å². The second kappa shape index (κ2) is 6.13. The highest BCUT2D eigenvalue weighted by Gasteiger charge is 2.15. The Kier molecular flexibility index (Phi) is 4.46. The molecule has 4 N–H and O–H groups in total. The zero-order valence-corrected chi connectivity index (χ0v) is 13.3. The van der Waals surface area contributed by atoms with Gasteiger partial charge in [0.15, 0.2) is 0 Å². The normalized spacial score (nSPS) is 10.2. The number of anilines is 2. The summed E-state index contributed by atoms with van der Waals surface area (Å²) in [6, 6.07) is 9.91. The second-order valence-electron chi connectivity index (χ2n) is 4.54. The first-order valence-corrected chi connectivity index (χ1v) is 7.16. The Morgan fingerprint density at radius 3 is 2.52 bits per heavy atom. The van der Waals surface area contributed by atoms with Crippen LogP contribution in [0.5, 0.6) is 0 Å². The van der Waals surface area contributed by atoms with Crippen molar-refractivity contribution in [3.63, 3.8) is 0 Å². The van der Waals surface area contributed by atoms with Crippen LogP contribution in [-0.4, -0.2) is 17.0 Å². The van der Waals surface area contributed by atoms with Gasteiger partial charge in [-0.05, 0) is 59.8 Å². The number of nitrogen functional groups attached to an aromatic ring is 1. The molecule has 0 atom stereocenters. The smallest absolute Gasteiger partial charge is 0.337 e. The van der Waals surface area contributed by atoms with Crippen LogP contribution in [0.1, 0.15) is 26.3 Å². The Hall–Kier alpha value is -2.09. The number of nitrogens with two attached hydrogens (primary N) is 1. The van der Waals surface area contributed by atoms with Gasteiger partial charge in [0.25, 0.3) is 5.91 Å². The van der Waals surface area contributed by atoms with Crippen molar-refractivity contribution in [2.45, 2.75) is 6.92 Å². The molecule has 2 rings (SSSR count). The number of nitrogens with one attached hydrogen (secondary N) is 1. The van der Waals surface area contributed by atoms with E-state index in [2.05, 4.69) is 5.32 Å². The maximum atomic E-state index is 12.3. The van der Waals surface area contributed by atoms with Gasteiger partial charge in [-0.1, -0.05) is 11.6 Å². The van der Waals surface area contributed by atoms with Gasteiger partial charge in [-0.2, -0.15) is 0 Å². The first-order valence-electron chi connectivity index (χ1n) is 6.09. The standard InChI is InChI=1S/C15H13IN2O3/c1-8-2-4-12(17)10(6-8)14(19)18-13-5-3-9(16)7-11(13)15(20)21/h2-7H,17H2,1H3,(H,18,19)(H,20,21). The van der Waals surface area contributed by atoms with Crippen molar-refractivity contribution in [1.29, 1.82) is 0 Å². The second-order valence-corrected chi connectivity index (χ2v) is 5.79. The predicted molar refractivity (Wildman–Crippen MR) is 89.7 cm³/mol. The number of carbonyl (C=O) groups excluding carboxylic acids is 1. The van der Waals surface area contributed by atoms with Crippen LogP contribution in [0.15, 0.2) is 36.4 Å². The molecule has 0 aromatic heterocycles. The summed E-state index contributed by atoms with van der Waals surface area (Å²) >= 11 is 2.01. The van der Waals surface area contributed by atoms with E-state index >= 15 is 0 Å². The van der Waals surface area contributed by atoms with Crippen molar-refractivity contribution in [3.8, 4) is 0 Å². The molecule has 0 bridgehead atoms. The van der Waals surface area contributed by atoms with Gasteiger partial charge in [0.2, 0.25) is 0 Å². The van der Waals surface area contributed by atoms with E-state index in [0.29, 0.717) is 11.3 Å². The summed E-state index contributed by atoms with van der Waals surface area (Å²) in [6.45, 7) is 1.85. The highest BCUT2D eigenvalue weighted by Crippen LogP contribution is 2.21. The van der Waals surface area contributed by atoms with Gasteiger partial charge in [-0.15, -0.1) is 0 Å². The molecule has 0 heterocycles. The van der Waals surface area contributed by atoms with Crippen LogP contribution >= 0.6 is 22.6 Å². The van der Waals surface area contributed by atoms with Crippen molar-refractivity contribution in [2.24, 2.45) is 0 Å². The summed E-state index contributed by atoms with van der Waals surface area (Å²) in [5.74, 6) is -1.53. The summed E-state index contributed by atoms with van der Waals surface area (Å²) in [5, 5.41) is 11.8. The average Bonchev–Trinajstić information content (AvgIpc) is 2.43. The molecule has 21 heavy (non-hydrogen) atoms. The van der Waals surface area contributed by atoms with Crippen molar-refractivity contribution in [1.82, 2.24) is 0 Å².